The van der Waals surface area contributed by atoms with Gasteiger partial charge in [0, 0.05) is 37.2 Å². The summed E-state index contributed by atoms with van der Waals surface area (Å²) in [5, 5.41) is 0. The summed E-state index contributed by atoms with van der Waals surface area (Å²) >= 11 is 4.24. The molecule has 0 unspecified atom stereocenters. The summed E-state index contributed by atoms with van der Waals surface area (Å²) < 4.78 is 12.1. The molecule has 0 aliphatic rings. The smallest absolute Gasteiger partial charge is 0.405 e. The highest BCUT2D eigenvalue weighted by molar-refractivity contribution is 15.0. The van der Waals surface area contributed by atoms with Crippen LogP contribution in [-0.4, -0.2) is 26.2 Å². The fourth-order valence-electron chi connectivity index (χ4n) is 9.49. The van der Waals surface area contributed by atoms with Crippen LogP contribution in [-0.2, 0) is 0 Å². The van der Waals surface area contributed by atoms with Crippen LogP contribution in [0.4, 0.5) is 22.7 Å². The third-order valence-corrected chi connectivity index (χ3v) is 17.8. The number of hydrogen-bond donors (Lipinski definition) is 0. The standard InChI is InChI=1S/C60H96N4P.I2.HI/c1-9-13-17-21-25-29-49-61(57-41-33-53(5)34-42-57)65(62(50-30-26-22-18-14-10-2)58-43-35-54(6)36-44-58,63(51-31-27-23-19-15-11-3)59-45-37-55(7)38-46-59)64(52-32-28-24-20-16-12-4)60-47-39-56(8)40-48-60;1-2;/h33-48H,9-32,49-52H2,1-8H3;;1H/q+1;;/p-1. The molecule has 68 heavy (non-hydrogen) atoms. The Morgan fingerprint density at radius 2 is 0.441 bits per heavy atom. The maximum Gasteiger partial charge on any atom is 0.405 e. The summed E-state index contributed by atoms with van der Waals surface area (Å²) in [4.78, 5) is 0. The number of rotatable bonds is 36. The monoisotopic (exact) mass is 1280 g/mol. The van der Waals surface area contributed by atoms with Gasteiger partial charge in [0.1, 0.15) is 0 Å². The molecule has 0 atom stereocenters. The van der Waals surface area contributed by atoms with E-state index in [1.54, 1.807) is 0 Å². The Labute approximate surface area is 461 Å². The van der Waals surface area contributed by atoms with Crippen molar-refractivity contribution in [3.8, 4) is 0 Å². The molecule has 0 saturated carbocycles. The number of unbranched alkanes of at least 4 members (excludes halogenated alkanes) is 20. The van der Waals surface area contributed by atoms with Crippen molar-refractivity contribution in [3.63, 3.8) is 0 Å². The number of aryl methyl sites for hydroxylation is 4. The molecule has 4 nitrogen and oxygen atoms in total. The molecule has 382 valence electrons. The van der Waals surface area contributed by atoms with Crippen LogP contribution < -0.4 is 42.7 Å². The first-order valence-electron chi connectivity index (χ1n) is 27.2. The van der Waals surface area contributed by atoms with Gasteiger partial charge in [-0.1, -0.05) is 227 Å². The predicted octanol–water partition coefficient (Wildman–Crippen LogP) is 18.1. The Kier molecular flexibility index (Phi) is 35.4. The lowest BCUT2D eigenvalue weighted by molar-refractivity contribution is -0.0000140. The molecule has 8 heteroatoms. The quantitative estimate of drug-likeness (QED) is 0.0256. The molecular weight excluding hydrogens is 1190 g/mol. The zero-order valence-electron chi connectivity index (χ0n) is 44.4. The highest BCUT2D eigenvalue weighted by Gasteiger charge is 2.63. The molecule has 4 rings (SSSR count). The Bertz CT molecular complexity index is 1520. The summed E-state index contributed by atoms with van der Waals surface area (Å²) in [6, 6.07) is 38.9. The third kappa shape index (κ3) is 21.4. The number of benzene rings is 4. The summed E-state index contributed by atoms with van der Waals surface area (Å²) in [7, 11) is -2.80. The molecule has 0 saturated heterocycles. The van der Waals surface area contributed by atoms with Crippen molar-refractivity contribution >= 4 is 67.8 Å². The Morgan fingerprint density at radius 1 is 0.279 bits per heavy atom. The van der Waals surface area contributed by atoms with E-state index in [1.165, 1.54) is 199 Å². The predicted molar refractivity (Wildman–Crippen MR) is 323 cm³/mol. The molecule has 4 aromatic rings. The molecule has 0 amide bonds. The van der Waals surface area contributed by atoms with Crippen molar-refractivity contribution in [3.05, 3.63) is 119 Å². The normalized spacial score (nSPS) is 11.1. The zero-order valence-corrected chi connectivity index (χ0v) is 51.8. The SMILES string of the molecule is CCCCCCCCN(c1ccc(C)cc1)[P+](N(CCCCCCCC)c1ccc(C)cc1)(N(CCCCCCCC)c1ccc(C)cc1)N(CCCCCCCC)c1ccc(C)cc1.II.[I-]. The van der Waals surface area contributed by atoms with E-state index in [4.69, 9.17) is 0 Å². The van der Waals surface area contributed by atoms with Crippen molar-refractivity contribution in [2.45, 2.75) is 209 Å². The summed E-state index contributed by atoms with van der Waals surface area (Å²) in [6.45, 7) is 22.5. The van der Waals surface area contributed by atoms with Crippen LogP contribution in [0.25, 0.3) is 0 Å². The number of nitrogens with zero attached hydrogens (tertiary/aromatic N) is 4. The Morgan fingerprint density at radius 3 is 0.618 bits per heavy atom. The van der Waals surface area contributed by atoms with E-state index >= 15 is 0 Å². The van der Waals surface area contributed by atoms with Crippen LogP contribution in [0.1, 0.15) is 204 Å². The van der Waals surface area contributed by atoms with Gasteiger partial charge in [-0.3, -0.25) is 0 Å². The van der Waals surface area contributed by atoms with E-state index < -0.39 is 7.87 Å². The van der Waals surface area contributed by atoms with Gasteiger partial charge in [0.25, 0.3) is 0 Å². The summed E-state index contributed by atoms with van der Waals surface area (Å²) in [5.74, 6) is 0. The van der Waals surface area contributed by atoms with E-state index in [-0.39, 0.29) is 24.0 Å². The lowest BCUT2D eigenvalue weighted by Gasteiger charge is -2.53. The minimum absolute atomic E-state index is 0. The number of hydrogen-bond acceptors (Lipinski definition) is 4. The largest absolute Gasteiger partial charge is 1.00 e. The molecule has 0 spiro atoms. The fourth-order valence-corrected chi connectivity index (χ4v) is 14.5. The van der Waals surface area contributed by atoms with Crippen molar-refractivity contribution in [2.75, 3.05) is 44.9 Å². The average molecular weight is 1290 g/mol. The molecule has 0 bridgehead atoms. The topological polar surface area (TPSA) is 13.0 Å². The minimum atomic E-state index is -2.80. The summed E-state index contributed by atoms with van der Waals surface area (Å²) in [5.41, 5.74) is 10.7. The molecule has 0 aliphatic heterocycles. The Hall–Kier alpha value is -1.30. The number of halogens is 3. The molecular formula is C60H96I3N4P. The maximum atomic E-state index is 3.02. The molecule has 0 aliphatic carbocycles. The second-order valence-electron chi connectivity index (χ2n) is 19.4. The van der Waals surface area contributed by atoms with Gasteiger partial charge in [0.15, 0.2) is 0 Å². The minimum Gasteiger partial charge on any atom is -1.00 e. The molecule has 0 heterocycles. The lowest BCUT2D eigenvalue weighted by atomic mass is 10.1. The molecule has 4 aromatic carbocycles. The highest BCUT2D eigenvalue weighted by atomic mass is 128. The van der Waals surface area contributed by atoms with Crippen molar-refractivity contribution in [2.24, 2.45) is 0 Å². The van der Waals surface area contributed by atoms with E-state index in [9.17, 15) is 0 Å². The van der Waals surface area contributed by atoms with Gasteiger partial charge in [-0.2, -0.15) is 18.7 Å². The van der Waals surface area contributed by atoms with Gasteiger partial charge >= 0.3 is 7.87 Å². The van der Waals surface area contributed by atoms with Crippen molar-refractivity contribution in [1.29, 1.82) is 0 Å². The first-order chi connectivity index (χ1) is 32.8. The molecule has 0 fully saturated rings. The average Bonchev–Trinajstić information content (AvgIpc) is 3.34. The van der Waals surface area contributed by atoms with Crippen LogP contribution in [0, 0.1) is 27.7 Å². The second kappa shape index (κ2) is 38.3. The highest BCUT2D eigenvalue weighted by Crippen LogP contribution is 2.74. The fraction of sp³-hybridized carbons (Fsp3) is 0.600. The maximum absolute atomic E-state index is 3.02. The first kappa shape index (κ1) is 62.8. The molecule has 0 aromatic heterocycles. The van der Waals surface area contributed by atoms with Crippen LogP contribution in [0.5, 0.6) is 0 Å². The van der Waals surface area contributed by atoms with E-state index in [2.05, 4.69) is 208 Å². The van der Waals surface area contributed by atoms with Gasteiger partial charge < -0.3 is 24.0 Å². The van der Waals surface area contributed by atoms with Crippen LogP contribution in [0.15, 0.2) is 97.1 Å². The zero-order chi connectivity index (χ0) is 48.5. The van der Waals surface area contributed by atoms with Gasteiger partial charge in [-0.05, 0) is 102 Å². The van der Waals surface area contributed by atoms with Crippen molar-refractivity contribution < 1.29 is 24.0 Å². The lowest BCUT2D eigenvalue weighted by Crippen LogP contribution is -3.00. The van der Waals surface area contributed by atoms with Gasteiger partial charge in [0.05, 0.1) is 48.9 Å². The van der Waals surface area contributed by atoms with Crippen LogP contribution >= 0.6 is 45.1 Å². The van der Waals surface area contributed by atoms with E-state index in [1.807, 2.05) is 0 Å². The van der Waals surface area contributed by atoms with Gasteiger partial charge in [-0.25, -0.2) is 0 Å². The van der Waals surface area contributed by atoms with Gasteiger partial charge in [0.2, 0.25) is 0 Å². The molecule has 0 radical (unpaired) electrons. The first-order valence-corrected chi connectivity index (χ1v) is 35.1. The van der Waals surface area contributed by atoms with E-state index in [0.29, 0.717) is 0 Å². The number of anilines is 4. The second-order valence-corrected chi connectivity index (χ2v) is 22.4. The van der Waals surface area contributed by atoms with Crippen LogP contribution in [0.3, 0.4) is 0 Å². The summed E-state index contributed by atoms with van der Waals surface area (Å²) in [6.07, 6.45) is 30.7. The molecule has 0 N–H and O–H groups in total. The third-order valence-electron chi connectivity index (χ3n) is 13.5. The van der Waals surface area contributed by atoms with Crippen LogP contribution in [0.2, 0.25) is 0 Å². The van der Waals surface area contributed by atoms with Gasteiger partial charge in [-0.15, -0.1) is 0 Å². The van der Waals surface area contributed by atoms with Crippen molar-refractivity contribution in [1.82, 2.24) is 0 Å². The van der Waals surface area contributed by atoms with E-state index in [0.717, 1.165) is 26.2 Å². The Balaban J connectivity index is 0.00000522.